The predicted molar refractivity (Wildman–Crippen MR) is 59.9 cm³/mol. The molecule has 0 fully saturated rings. The zero-order valence-electron chi connectivity index (χ0n) is 8.25. The van der Waals surface area contributed by atoms with E-state index in [0.717, 1.165) is 18.6 Å². The Morgan fingerprint density at radius 2 is 1.92 bits per heavy atom. The number of amides is 1. The number of primary amides is 1. The Bertz CT molecular complexity index is 178. The van der Waals surface area contributed by atoms with Gasteiger partial charge in [0.1, 0.15) is 0 Å². The highest BCUT2D eigenvalue weighted by Crippen LogP contribution is 2.05. The van der Waals surface area contributed by atoms with Crippen LogP contribution in [0.15, 0.2) is 11.6 Å². The van der Waals surface area contributed by atoms with Crippen molar-refractivity contribution in [2.24, 2.45) is 5.73 Å². The van der Waals surface area contributed by atoms with Crippen molar-refractivity contribution in [1.29, 1.82) is 0 Å². The first-order valence-corrected chi connectivity index (χ1v) is 5.39. The molecule has 0 aromatic carbocycles. The Kier molecular flexibility index (Phi) is 7.90. The summed E-state index contributed by atoms with van der Waals surface area (Å²) in [5.41, 5.74) is 5.76. The molecule has 0 aliphatic heterocycles. The maximum Gasteiger partial charge on any atom is 0.244 e. The molecule has 0 aliphatic carbocycles. The highest BCUT2D eigenvalue weighted by molar-refractivity contribution is 7.80. The molecule has 0 bridgehead atoms. The van der Waals surface area contributed by atoms with Crippen LogP contribution >= 0.6 is 12.6 Å². The molecule has 13 heavy (non-hydrogen) atoms. The van der Waals surface area contributed by atoms with E-state index in [1.165, 1.54) is 19.3 Å². The number of carbonyl (C=O) groups excluding carboxylic acids is 1. The summed E-state index contributed by atoms with van der Waals surface area (Å²) in [6.07, 6.45) is 7.64. The van der Waals surface area contributed by atoms with Crippen molar-refractivity contribution in [3.8, 4) is 0 Å². The van der Waals surface area contributed by atoms with E-state index in [1.54, 1.807) is 6.92 Å². The first-order chi connectivity index (χ1) is 6.18. The number of nitrogens with two attached hydrogens (primary N) is 1. The van der Waals surface area contributed by atoms with Crippen molar-refractivity contribution in [2.45, 2.75) is 39.0 Å². The van der Waals surface area contributed by atoms with E-state index in [2.05, 4.69) is 12.6 Å². The number of thiol groups is 1. The number of hydrogen-bond acceptors (Lipinski definition) is 2. The first kappa shape index (κ1) is 12.6. The average molecular weight is 201 g/mol. The van der Waals surface area contributed by atoms with Gasteiger partial charge in [0.2, 0.25) is 5.91 Å². The van der Waals surface area contributed by atoms with E-state index in [1.807, 2.05) is 6.08 Å². The minimum atomic E-state index is -0.310. The lowest BCUT2D eigenvalue weighted by Crippen LogP contribution is -2.11. The fourth-order valence-corrected chi connectivity index (χ4v) is 1.25. The van der Waals surface area contributed by atoms with Gasteiger partial charge in [-0.05, 0) is 31.9 Å². The summed E-state index contributed by atoms with van der Waals surface area (Å²) >= 11 is 4.13. The van der Waals surface area contributed by atoms with Gasteiger partial charge in [-0.1, -0.05) is 18.9 Å². The van der Waals surface area contributed by atoms with Crippen molar-refractivity contribution < 1.29 is 4.79 Å². The summed E-state index contributed by atoms with van der Waals surface area (Å²) in [6.45, 7) is 1.76. The largest absolute Gasteiger partial charge is 0.366 e. The number of rotatable bonds is 7. The van der Waals surface area contributed by atoms with Gasteiger partial charge in [-0.2, -0.15) is 12.6 Å². The third-order valence-corrected chi connectivity index (χ3v) is 2.27. The Labute approximate surface area is 86.0 Å². The molecular weight excluding hydrogens is 182 g/mol. The second-order valence-electron chi connectivity index (χ2n) is 3.18. The van der Waals surface area contributed by atoms with Gasteiger partial charge in [0.15, 0.2) is 0 Å². The van der Waals surface area contributed by atoms with Gasteiger partial charge < -0.3 is 5.73 Å². The molecule has 0 heterocycles. The predicted octanol–water partition coefficient (Wildman–Crippen LogP) is 2.30. The number of carbonyl (C=O) groups is 1. The standard InChI is InChI=1S/C10H19NOS/c1-9(10(11)12)7-5-3-2-4-6-8-13/h7,13H,2-6,8H2,1H3,(H2,11,12)/b9-7+. The van der Waals surface area contributed by atoms with Crippen LogP contribution in [0.3, 0.4) is 0 Å². The highest BCUT2D eigenvalue weighted by atomic mass is 32.1. The lowest BCUT2D eigenvalue weighted by atomic mass is 10.1. The van der Waals surface area contributed by atoms with E-state index in [9.17, 15) is 4.79 Å². The van der Waals surface area contributed by atoms with Crippen LogP contribution in [0.5, 0.6) is 0 Å². The SMILES string of the molecule is C/C(=C\CCCCCCS)C(N)=O. The number of allylic oxidation sites excluding steroid dienone is 1. The van der Waals surface area contributed by atoms with Gasteiger partial charge in [0, 0.05) is 5.57 Å². The second-order valence-corrected chi connectivity index (χ2v) is 3.63. The van der Waals surface area contributed by atoms with Crippen LogP contribution < -0.4 is 5.73 Å². The van der Waals surface area contributed by atoms with Crippen molar-refractivity contribution in [3.05, 3.63) is 11.6 Å². The molecule has 0 atom stereocenters. The third kappa shape index (κ3) is 7.91. The molecule has 0 spiro atoms. The van der Waals surface area contributed by atoms with Crippen LogP contribution in [0, 0.1) is 0 Å². The monoisotopic (exact) mass is 201 g/mol. The van der Waals surface area contributed by atoms with Crippen LogP contribution in [0.2, 0.25) is 0 Å². The maximum absolute atomic E-state index is 10.6. The summed E-state index contributed by atoms with van der Waals surface area (Å²) in [5, 5.41) is 0. The Hall–Kier alpha value is -0.440. The molecule has 0 saturated heterocycles. The van der Waals surface area contributed by atoms with E-state index >= 15 is 0 Å². The fourth-order valence-electron chi connectivity index (χ4n) is 1.03. The van der Waals surface area contributed by atoms with Crippen LogP contribution in [0.25, 0.3) is 0 Å². The molecule has 0 saturated carbocycles. The van der Waals surface area contributed by atoms with Gasteiger partial charge in [-0.15, -0.1) is 0 Å². The molecule has 0 aromatic heterocycles. The Morgan fingerprint density at radius 1 is 1.31 bits per heavy atom. The zero-order valence-corrected chi connectivity index (χ0v) is 9.15. The van der Waals surface area contributed by atoms with Gasteiger partial charge in [0.25, 0.3) is 0 Å². The average Bonchev–Trinajstić information content (AvgIpc) is 2.10. The van der Waals surface area contributed by atoms with Crippen molar-refractivity contribution >= 4 is 18.5 Å². The Balaban J connectivity index is 3.34. The molecule has 76 valence electrons. The highest BCUT2D eigenvalue weighted by Gasteiger charge is 1.95. The molecule has 3 heteroatoms. The summed E-state index contributed by atoms with van der Waals surface area (Å²) in [5.74, 6) is 0.659. The van der Waals surface area contributed by atoms with Crippen molar-refractivity contribution in [3.63, 3.8) is 0 Å². The molecule has 0 aliphatic rings. The lowest BCUT2D eigenvalue weighted by Gasteiger charge is -1.97. The molecule has 0 aromatic rings. The van der Waals surface area contributed by atoms with Gasteiger partial charge in [-0.25, -0.2) is 0 Å². The van der Waals surface area contributed by atoms with Gasteiger partial charge in [-0.3, -0.25) is 4.79 Å². The van der Waals surface area contributed by atoms with E-state index < -0.39 is 0 Å². The molecule has 2 nitrogen and oxygen atoms in total. The molecule has 2 N–H and O–H groups in total. The molecule has 0 unspecified atom stereocenters. The maximum atomic E-state index is 10.6. The summed E-state index contributed by atoms with van der Waals surface area (Å²) in [7, 11) is 0. The molecule has 0 radical (unpaired) electrons. The zero-order chi connectivity index (χ0) is 10.1. The van der Waals surface area contributed by atoms with Crippen LogP contribution in [-0.2, 0) is 4.79 Å². The summed E-state index contributed by atoms with van der Waals surface area (Å²) in [4.78, 5) is 10.6. The minimum Gasteiger partial charge on any atom is -0.366 e. The quantitative estimate of drug-likeness (QED) is 0.370. The second kappa shape index (κ2) is 8.17. The first-order valence-electron chi connectivity index (χ1n) is 4.76. The topological polar surface area (TPSA) is 43.1 Å². The van der Waals surface area contributed by atoms with E-state index in [-0.39, 0.29) is 5.91 Å². The number of hydrogen-bond donors (Lipinski definition) is 2. The van der Waals surface area contributed by atoms with E-state index in [0.29, 0.717) is 5.57 Å². The fraction of sp³-hybridized carbons (Fsp3) is 0.700. The summed E-state index contributed by atoms with van der Waals surface area (Å²) < 4.78 is 0. The minimum absolute atomic E-state index is 0.310. The Morgan fingerprint density at radius 3 is 2.46 bits per heavy atom. The normalized spacial score (nSPS) is 11.7. The van der Waals surface area contributed by atoms with Gasteiger partial charge >= 0.3 is 0 Å². The van der Waals surface area contributed by atoms with E-state index in [4.69, 9.17) is 5.73 Å². The van der Waals surface area contributed by atoms with Crippen LogP contribution in [0.4, 0.5) is 0 Å². The molecule has 1 amide bonds. The van der Waals surface area contributed by atoms with Crippen molar-refractivity contribution in [2.75, 3.05) is 5.75 Å². The van der Waals surface area contributed by atoms with Crippen LogP contribution in [0.1, 0.15) is 39.0 Å². The lowest BCUT2D eigenvalue weighted by molar-refractivity contribution is -0.114. The third-order valence-electron chi connectivity index (χ3n) is 1.95. The van der Waals surface area contributed by atoms with Crippen LogP contribution in [-0.4, -0.2) is 11.7 Å². The molecular formula is C10H19NOS. The van der Waals surface area contributed by atoms with Crippen molar-refractivity contribution in [1.82, 2.24) is 0 Å². The molecule has 0 rings (SSSR count). The smallest absolute Gasteiger partial charge is 0.244 e. The number of unbranched alkanes of at least 4 members (excludes halogenated alkanes) is 4. The van der Waals surface area contributed by atoms with Gasteiger partial charge in [0.05, 0.1) is 0 Å². The summed E-state index contributed by atoms with van der Waals surface area (Å²) in [6, 6.07) is 0.